The van der Waals surface area contributed by atoms with Crippen molar-refractivity contribution in [3.05, 3.63) is 59.4 Å². The summed E-state index contributed by atoms with van der Waals surface area (Å²) in [5, 5.41) is 3.51. The molecular weight excluding hydrogens is 443 g/mol. The topological polar surface area (TPSA) is 65.2 Å². The number of H-pyrrole nitrogens is 1. The molecular formula is C26H26F3N3O2. The average molecular weight is 470 g/mol. The van der Waals surface area contributed by atoms with Gasteiger partial charge in [-0.15, -0.1) is 0 Å². The van der Waals surface area contributed by atoms with Crippen molar-refractivity contribution in [2.45, 2.75) is 32.1 Å². The minimum atomic E-state index is -0.663. The summed E-state index contributed by atoms with van der Waals surface area (Å²) in [5.41, 5.74) is 2.45. The van der Waals surface area contributed by atoms with Gasteiger partial charge in [-0.2, -0.15) is 0 Å². The SMILES string of the molecule is CC(=O)N1CC[C@H](C(=O)NCC2CC(c3c(-c4ccc(F)cc4)[nH]c4c(F)cc(F)cc34)C2)C1. The number of nitrogens with one attached hydrogen (secondary N) is 2. The van der Waals surface area contributed by atoms with Crippen LogP contribution in [-0.4, -0.2) is 41.3 Å². The van der Waals surface area contributed by atoms with E-state index in [0.29, 0.717) is 42.7 Å². The summed E-state index contributed by atoms with van der Waals surface area (Å²) in [5.74, 6) is -1.58. The van der Waals surface area contributed by atoms with Crippen LogP contribution in [0.2, 0.25) is 0 Å². The minimum absolute atomic E-state index is 0.0132. The van der Waals surface area contributed by atoms with Crippen LogP contribution in [0.1, 0.15) is 37.7 Å². The van der Waals surface area contributed by atoms with E-state index >= 15 is 0 Å². The van der Waals surface area contributed by atoms with Crippen LogP contribution in [0.15, 0.2) is 36.4 Å². The summed E-state index contributed by atoms with van der Waals surface area (Å²) in [4.78, 5) is 28.8. The lowest BCUT2D eigenvalue weighted by Gasteiger charge is -2.36. The first-order valence-corrected chi connectivity index (χ1v) is 11.6. The Balaban J connectivity index is 1.30. The Morgan fingerprint density at radius 2 is 1.82 bits per heavy atom. The maximum Gasteiger partial charge on any atom is 0.224 e. The standard InChI is InChI=1S/C26H26F3N3O2/c1-14(33)32-7-6-17(13-32)26(34)30-12-15-8-18(9-15)23-21-10-20(28)11-22(29)25(21)31-24(23)16-2-4-19(27)5-3-16/h2-5,10-11,15,17-18,31H,6-9,12-13H2,1H3,(H,30,34)/t15?,17-,18?/m0/s1. The van der Waals surface area contributed by atoms with Crippen LogP contribution in [0, 0.1) is 29.3 Å². The van der Waals surface area contributed by atoms with Crippen molar-refractivity contribution in [3.63, 3.8) is 0 Å². The summed E-state index contributed by atoms with van der Waals surface area (Å²) < 4.78 is 42.0. The van der Waals surface area contributed by atoms with Crippen LogP contribution in [0.25, 0.3) is 22.2 Å². The third kappa shape index (κ3) is 4.17. The van der Waals surface area contributed by atoms with Crippen molar-refractivity contribution in [1.82, 2.24) is 15.2 Å². The van der Waals surface area contributed by atoms with Gasteiger partial charge in [0.2, 0.25) is 11.8 Å². The molecule has 1 saturated carbocycles. The van der Waals surface area contributed by atoms with Gasteiger partial charge in [-0.3, -0.25) is 9.59 Å². The Labute approximate surface area is 195 Å². The number of rotatable bonds is 5. The molecule has 34 heavy (non-hydrogen) atoms. The van der Waals surface area contributed by atoms with Crippen LogP contribution in [0.5, 0.6) is 0 Å². The number of amides is 2. The van der Waals surface area contributed by atoms with Gasteiger partial charge in [-0.05, 0) is 72.6 Å². The highest BCUT2D eigenvalue weighted by molar-refractivity contribution is 5.92. The van der Waals surface area contributed by atoms with Gasteiger partial charge < -0.3 is 15.2 Å². The normalized spacial score (nSPS) is 22.1. The Kier molecular flexibility index (Phi) is 5.83. The number of carbonyl (C=O) groups is 2. The molecule has 3 aromatic rings. The molecule has 0 radical (unpaired) electrons. The lowest BCUT2D eigenvalue weighted by Crippen LogP contribution is -2.39. The zero-order chi connectivity index (χ0) is 24.0. The summed E-state index contributed by atoms with van der Waals surface area (Å²) in [6.07, 6.45) is 2.21. The molecule has 1 aromatic heterocycles. The minimum Gasteiger partial charge on any atom is -0.356 e. The summed E-state index contributed by atoms with van der Waals surface area (Å²) in [6, 6.07) is 8.13. The lowest BCUT2D eigenvalue weighted by atomic mass is 9.70. The van der Waals surface area contributed by atoms with E-state index in [9.17, 15) is 22.8 Å². The van der Waals surface area contributed by atoms with Crippen LogP contribution in [0.3, 0.4) is 0 Å². The number of aromatic amines is 1. The van der Waals surface area contributed by atoms with E-state index in [2.05, 4.69) is 10.3 Å². The third-order valence-electron chi connectivity index (χ3n) is 7.21. The molecule has 2 aromatic carbocycles. The summed E-state index contributed by atoms with van der Waals surface area (Å²) in [6.45, 7) is 3.11. The van der Waals surface area contributed by atoms with E-state index in [4.69, 9.17) is 0 Å². The Bertz CT molecular complexity index is 1250. The van der Waals surface area contributed by atoms with Gasteiger partial charge in [0.1, 0.15) is 17.5 Å². The molecule has 2 aliphatic rings. The van der Waals surface area contributed by atoms with Crippen LogP contribution < -0.4 is 5.32 Å². The number of hydrogen-bond acceptors (Lipinski definition) is 2. The molecule has 1 saturated heterocycles. The molecule has 0 unspecified atom stereocenters. The first-order chi connectivity index (χ1) is 16.3. The fourth-order valence-electron chi connectivity index (χ4n) is 5.30. The van der Waals surface area contributed by atoms with Crippen LogP contribution in [-0.2, 0) is 9.59 Å². The van der Waals surface area contributed by atoms with Crippen molar-refractivity contribution in [2.75, 3.05) is 19.6 Å². The lowest BCUT2D eigenvalue weighted by molar-refractivity contribution is -0.128. The maximum atomic E-state index is 14.5. The number of nitrogens with zero attached hydrogens (tertiary/aromatic N) is 1. The molecule has 1 aliphatic heterocycles. The van der Waals surface area contributed by atoms with Crippen molar-refractivity contribution in [1.29, 1.82) is 0 Å². The highest BCUT2D eigenvalue weighted by Crippen LogP contribution is 2.48. The van der Waals surface area contributed by atoms with Crippen molar-refractivity contribution in [2.24, 2.45) is 11.8 Å². The number of halogens is 3. The van der Waals surface area contributed by atoms with Crippen LogP contribution in [0.4, 0.5) is 13.2 Å². The molecule has 1 aliphatic carbocycles. The molecule has 2 fully saturated rings. The number of likely N-dealkylation sites (tertiary alicyclic amines) is 1. The molecule has 178 valence electrons. The molecule has 5 rings (SSSR count). The number of benzene rings is 2. The fraction of sp³-hybridized carbons (Fsp3) is 0.385. The monoisotopic (exact) mass is 469 g/mol. The Hall–Kier alpha value is -3.29. The fourth-order valence-corrected chi connectivity index (χ4v) is 5.30. The average Bonchev–Trinajstić information content (AvgIpc) is 3.39. The molecule has 0 bridgehead atoms. The van der Waals surface area contributed by atoms with Gasteiger partial charge in [0.25, 0.3) is 0 Å². The first kappa shape index (κ1) is 22.5. The molecule has 2 amide bonds. The van der Waals surface area contributed by atoms with Gasteiger partial charge in [-0.1, -0.05) is 0 Å². The van der Waals surface area contributed by atoms with E-state index in [1.54, 1.807) is 17.0 Å². The largest absolute Gasteiger partial charge is 0.356 e. The predicted molar refractivity (Wildman–Crippen MR) is 122 cm³/mol. The van der Waals surface area contributed by atoms with Crippen molar-refractivity contribution in [3.8, 4) is 11.3 Å². The Morgan fingerprint density at radius 1 is 1.09 bits per heavy atom. The predicted octanol–water partition coefficient (Wildman–Crippen LogP) is 4.73. The van der Waals surface area contributed by atoms with Gasteiger partial charge in [0, 0.05) is 38.0 Å². The number of carbonyl (C=O) groups excluding carboxylic acids is 2. The van der Waals surface area contributed by atoms with E-state index in [1.165, 1.54) is 25.1 Å². The van der Waals surface area contributed by atoms with Gasteiger partial charge in [-0.25, -0.2) is 13.2 Å². The molecule has 0 spiro atoms. The van der Waals surface area contributed by atoms with E-state index in [-0.39, 0.29) is 40.9 Å². The second-order valence-corrected chi connectivity index (χ2v) is 9.46. The summed E-state index contributed by atoms with van der Waals surface area (Å²) in [7, 11) is 0. The zero-order valence-corrected chi connectivity index (χ0v) is 18.8. The number of fused-ring (bicyclic) bond motifs is 1. The highest BCUT2D eigenvalue weighted by atomic mass is 19.1. The molecule has 5 nitrogen and oxygen atoms in total. The number of hydrogen-bond donors (Lipinski definition) is 2. The van der Waals surface area contributed by atoms with Crippen LogP contribution >= 0.6 is 0 Å². The van der Waals surface area contributed by atoms with E-state index < -0.39 is 11.6 Å². The number of aromatic nitrogens is 1. The zero-order valence-electron chi connectivity index (χ0n) is 18.8. The van der Waals surface area contributed by atoms with Gasteiger partial charge in [0.15, 0.2) is 0 Å². The van der Waals surface area contributed by atoms with E-state index in [0.717, 1.165) is 24.5 Å². The maximum absolute atomic E-state index is 14.5. The second kappa shape index (κ2) is 8.81. The third-order valence-corrected chi connectivity index (χ3v) is 7.21. The molecule has 1 atom stereocenters. The smallest absolute Gasteiger partial charge is 0.224 e. The molecule has 2 N–H and O–H groups in total. The molecule has 2 heterocycles. The van der Waals surface area contributed by atoms with Gasteiger partial charge >= 0.3 is 0 Å². The highest BCUT2D eigenvalue weighted by Gasteiger charge is 2.36. The van der Waals surface area contributed by atoms with Crippen molar-refractivity contribution < 1.29 is 22.8 Å². The van der Waals surface area contributed by atoms with Gasteiger partial charge in [0.05, 0.1) is 17.1 Å². The first-order valence-electron chi connectivity index (χ1n) is 11.6. The molecule has 8 heteroatoms. The van der Waals surface area contributed by atoms with Crippen molar-refractivity contribution >= 4 is 22.7 Å². The summed E-state index contributed by atoms with van der Waals surface area (Å²) >= 11 is 0. The quantitative estimate of drug-likeness (QED) is 0.568. The second-order valence-electron chi connectivity index (χ2n) is 9.46. The van der Waals surface area contributed by atoms with E-state index in [1.807, 2.05) is 0 Å². The Morgan fingerprint density at radius 3 is 2.50 bits per heavy atom.